The fraction of sp³-hybridized carbons (Fsp3) is 0.211. The van der Waals surface area contributed by atoms with Crippen molar-refractivity contribution in [1.29, 1.82) is 0 Å². The molecule has 0 saturated carbocycles. The Hall–Kier alpha value is -2.98. The zero-order chi connectivity index (χ0) is 20.2. The Labute approximate surface area is 174 Å². The number of carbonyl (C=O) groups is 1. The first kappa shape index (κ1) is 19.3. The fourth-order valence-corrected chi connectivity index (χ4v) is 4.55. The van der Waals surface area contributed by atoms with E-state index in [0.29, 0.717) is 22.5 Å². The third-order valence-corrected chi connectivity index (χ3v) is 6.26. The van der Waals surface area contributed by atoms with Crippen LogP contribution < -0.4 is 11.3 Å². The van der Waals surface area contributed by atoms with Crippen molar-refractivity contribution in [2.24, 2.45) is 5.73 Å². The predicted molar refractivity (Wildman–Crippen MR) is 113 cm³/mol. The number of thiophene rings is 1. The van der Waals surface area contributed by atoms with Crippen molar-refractivity contribution in [3.8, 4) is 0 Å². The molecule has 0 aliphatic rings. The van der Waals surface area contributed by atoms with Crippen molar-refractivity contribution in [3.63, 3.8) is 0 Å². The van der Waals surface area contributed by atoms with Crippen LogP contribution >= 0.6 is 23.1 Å². The second-order valence-corrected chi connectivity index (χ2v) is 8.30. The minimum Gasteiger partial charge on any atom is -0.368 e. The van der Waals surface area contributed by atoms with Gasteiger partial charge in [-0.3, -0.25) is 14.2 Å². The number of amides is 1. The van der Waals surface area contributed by atoms with Gasteiger partial charge in [-0.15, -0.1) is 21.5 Å². The van der Waals surface area contributed by atoms with Gasteiger partial charge < -0.3 is 10.3 Å². The van der Waals surface area contributed by atoms with Crippen LogP contribution in [0.2, 0.25) is 0 Å². The SMILES string of the molecule is NC(=O)Cn1c(CSc2nncn2CCc2cccs2)nc2ccccc2c1=O. The van der Waals surface area contributed by atoms with E-state index in [1.165, 1.54) is 21.2 Å². The molecule has 4 rings (SSSR count). The summed E-state index contributed by atoms with van der Waals surface area (Å²) in [5.41, 5.74) is 5.67. The summed E-state index contributed by atoms with van der Waals surface area (Å²) in [6, 6.07) is 11.2. The standard InChI is InChI=1S/C19H18N6O2S2/c20-16(26)10-25-17(22-15-6-2-1-5-14(15)18(25)27)11-29-19-23-21-12-24(19)8-7-13-4-3-9-28-13/h1-6,9,12H,7-8,10-11H2,(H2,20,26). The molecule has 0 aliphatic carbocycles. The molecule has 0 aliphatic heterocycles. The van der Waals surface area contributed by atoms with Gasteiger partial charge in [0.15, 0.2) is 5.16 Å². The Morgan fingerprint density at radius 1 is 1.21 bits per heavy atom. The number of hydrogen-bond donors (Lipinski definition) is 1. The number of thioether (sulfide) groups is 1. The topological polar surface area (TPSA) is 109 Å². The van der Waals surface area contributed by atoms with E-state index < -0.39 is 5.91 Å². The van der Waals surface area contributed by atoms with E-state index in [9.17, 15) is 9.59 Å². The molecule has 0 saturated heterocycles. The first-order valence-electron chi connectivity index (χ1n) is 8.91. The van der Waals surface area contributed by atoms with Gasteiger partial charge in [-0.05, 0) is 30.0 Å². The first-order valence-corrected chi connectivity index (χ1v) is 10.8. The monoisotopic (exact) mass is 426 g/mol. The lowest BCUT2D eigenvalue weighted by Gasteiger charge is -2.12. The molecule has 3 aromatic heterocycles. The lowest BCUT2D eigenvalue weighted by molar-refractivity contribution is -0.118. The highest BCUT2D eigenvalue weighted by Gasteiger charge is 2.14. The minimum absolute atomic E-state index is 0.211. The molecule has 148 valence electrons. The Morgan fingerprint density at radius 2 is 2.07 bits per heavy atom. The maximum absolute atomic E-state index is 12.8. The maximum Gasteiger partial charge on any atom is 0.261 e. The smallest absolute Gasteiger partial charge is 0.261 e. The molecule has 0 fully saturated rings. The summed E-state index contributed by atoms with van der Waals surface area (Å²) in [5, 5.41) is 11.4. The van der Waals surface area contributed by atoms with Crippen LogP contribution in [0.3, 0.4) is 0 Å². The van der Waals surface area contributed by atoms with Gasteiger partial charge in [0.25, 0.3) is 5.56 Å². The molecule has 3 heterocycles. The summed E-state index contributed by atoms with van der Waals surface area (Å²) in [6.45, 7) is 0.548. The third kappa shape index (κ3) is 4.38. The number of primary amides is 1. The average molecular weight is 427 g/mol. The summed E-state index contributed by atoms with van der Waals surface area (Å²) >= 11 is 3.14. The molecule has 1 amide bonds. The molecule has 0 unspecified atom stereocenters. The van der Waals surface area contributed by atoms with E-state index >= 15 is 0 Å². The predicted octanol–water partition coefficient (Wildman–Crippen LogP) is 2.07. The van der Waals surface area contributed by atoms with Crippen molar-refractivity contribution in [2.45, 2.75) is 30.4 Å². The second kappa shape index (κ2) is 8.58. The lowest BCUT2D eigenvalue weighted by Crippen LogP contribution is -2.31. The van der Waals surface area contributed by atoms with E-state index in [1.807, 2.05) is 16.7 Å². The number of fused-ring (bicyclic) bond motifs is 1. The van der Waals surface area contributed by atoms with Gasteiger partial charge >= 0.3 is 0 Å². The lowest BCUT2D eigenvalue weighted by atomic mass is 10.2. The number of aromatic nitrogens is 5. The number of rotatable bonds is 8. The average Bonchev–Trinajstić information content (AvgIpc) is 3.38. The first-order chi connectivity index (χ1) is 14.1. The van der Waals surface area contributed by atoms with Gasteiger partial charge in [0.1, 0.15) is 18.7 Å². The number of nitrogens with zero attached hydrogens (tertiary/aromatic N) is 5. The highest BCUT2D eigenvalue weighted by atomic mass is 32.2. The van der Waals surface area contributed by atoms with Crippen LogP contribution in [0.25, 0.3) is 10.9 Å². The zero-order valence-corrected chi connectivity index (χ0v) is 17.0. The Morgan fingerprint density at radius 3 is 2.86 bits per heavy atom. The summed E-state index contributed by atoms with van der Waals surface area (Å²) in [6.07, 6.45) is 2.59. The van der Waals surface area contributed by atoms with Gasteiger partial charge in [-0.1, -0.05) is 30.0 Å². The van der Waals surface area contributed by atoms with E-state index in [4.69, 9.17) is 5.73 Å². The number of aryl methyl sites for hydroxylation is 2. The summed E-state index contributed by atoms with van der Waals surface area (Å²) < 4.78 is 3.31. The summed E-state index contributed by atoms with van der Waals surface area (Å²) in [4.78, 5) is 30.2. The minimum atomic E-state index is -0.588. The maximum atomic E-state index is 12.8. The summed E-state index contributed by atoms with van der Waals surface area (Å²) in [5.74, 6) is 0.255. The molecule has 10 heteroatoms. The number of nitrogens with two attached hydrogens (primary N) is 1. The quantitative estimate of drug-likeness (QED) is 0.432. The van der Waals surface area contributed by atoms with Gasteiger partial charge in [-0.25, -0.2) is 4.98 Å². The van der Waals surface area contributed by atoms with Crippen molar-refractivity contribution < 1.29 is 4.79 Å². The van der Waals surface area contributed by atoms with Gasteiger partial charge in [0.05, 0.1) is 16.7 Å². The molecular formula is C19H18N6O2S2. The van der Waals surface area contributed by atoms with E-state index in [1.54, 1.807) is 35.9 Å². The molecule has 0 bridgehead atoms. The molecule has 2 N–H and O–H groups in total. The van der Waals surface area contributed by atoms with E-state index in [2.05, 4.69) is 26.6 Å². The molecule has 8 nitrogen and oxygen atoms in total. The summed E-state index contributed by atoms with van der Waals surface area (Å²) in [7, 11) is 0. The highest BCUT2D eigenvalue weighted by molar-refractivity contribution is 7.98. The zero-order valence-electron chi connectivity index (χ0n) is 15.4. The molecular weight excluding hydrogens is 408 g/mol. The second-order valence-electron chi connectivity index (χ2n) is 6.33. The van der Waals surface area contributed by atoms with Crippen LogP contribution in [0.1, 0.15) is 10.7 Å². The van der Waals surface area contributed by atoms with Crippen LogP contribution in [0, 0.1) is 0 Å². The Bertz CT molecular complexity index is 1200. The van der Waals surface area contributed by atoms with Gasteiger partial charge in [-0.2, -0.15) is 0 Å². The molecule has 29 heavy (non-hydrogen) atoms. The van der Waals surface area contributed by atoms with Crippen LogP contribution in [-0.2, 0) is 30.1 Å². The molecule has 0 atom stereocenters. The van der Waals surface area contributed by atoms with Crippen molar-refractivity contribution >= 4 is 39.9 Å². The number of benzene rings is 1. The Kier molecular flexibility index (Phi) is 5.72. The fourth-order valence-electron chi connectivity index (χ4n) is 2.97. The number of para-hydroxylation sites is 1. The van der Waals surface area contributed by atoms with Crippen LogP contribution in [0.5, 0.6) is 0 Å². The van der Waals surface area contributed by atoms with Crippen molar-refractivity contribution in [2.75, 3.05) is 0 Å². The van der Waals surface area contributed by atoms with Gasteiger partial charge in [0, 0.05) is 11.4 Å². The molecule has 0 spiro atoms. The third-order valence-electron chi connectivity index (χ3n) is 4.34. The Balaban J connectivity index is 1.57. The van der Waals surface area contributed by atoms with Gasteiger partial charge in [0.2, 0.25) is 5.91 Å². The highest BCUT2D eigenvalue weighted by Crippen LogP contribution is 2.21. The molecule has 4 aromatic rings. The van der Waals surface area contributed by atoms with Crippen molar-refractivity contribution in [1.82, 2.24) is 24.3 Å². The largest absolute Gasteiger partial charge is 0.368 e. The molecule has 0 radical (unpaired) electrons. The van der Waals surface area contributed by atoms with E-state index in [0.717, 1.165) is 18.1 Å². The number of carbonyl (C=O) groups excluding carboxylic acids is 1. The van der Waals surface area contributed by atoms with Crippen LogP contribution in [-0.4, -0.2) is 30.2 Å². The number of hydrogen-bond acceptors (Lipinski definition) is 7. The van der Waals surface area contributed by atoms with Crippen LogP contribution in [0.4, 0.5) is 0 Å². The van der Waals surface area contributed by atoms with Crippen molar-refractivity contribution in [3.05, 3.63) is 69.2 Å². The molecule has 1 aromatic carbocycles. The van der Waals surface area contributed by atoms with Crippen LogP contribution in [0.15, 0.2) is 58.1 Å². The normalized spacial score (nSPS) is 11.2. The van der Waals surface area contributed by atoms with E-state index in [-0.39, 0.29) is 12.1 Å².